The summed E-state index contributed by atoms with van der Waals surface area (Å²) in [5, 5.41) is 10.4. The van der Waals surface area contributed by atoms with E-state index in [1.165, 1.54) is 0 Å². The Labute approximate surface area is 133 Å². The molecule has 3 rings (SSSR count). The van der Waals surface area contributed by atoms with Gasteiger partial charge in [-0.25, -0.2) is 0 Å². The second-order valence-electron chi connectivity index (χ2n) is 5.46. The van der Waals surface area contributed by atoms with Gasteiger partial charge >= 0.3 is 0 Å². The smallest absolute Gasteiger partial charge is 0.279 e. The molecule has 0 aliphatic carbocycles. The first-order chi connectivity index (χ1) is 11.2. The van der Waals surface area contributed by atoms with Crippen LogP contribution in [-0.2, 0) is 17.8 Å². The molecule has 0 saturated carbocycles. The number of nitrogens with zero attached hydrogens (tertiary/aromatic N) is 2. The molecule has 1 aliphatic rings. The topological polar surface area (TPSA) is 104 Å². The lowest BCUT2D eigenvalue weighted by atomic mass is 10.1. The number of anilines is 1. The van der Waals surface area contributed by atoms with Crippen LogP contribution in [0, 0.1) is 0 Å². The maximum atomic E-state index is 13.0. The average Bonchev–Trinajstić information content (AvgIpc) is 2.99. The number of nitrogens with one attached hydrogen (secondary N) is 2. The van der Waals surface area contributed by atoms with Crippen LogP contribution in [0.1, 0.15) is 28.2 Å². The summed E-state index contributed by atoms with van der Waals surface area (Å²) >= 11 is 0. The highest BCUT2D eigenvalue weighted by molar-refractivity contribution is 6.06. The van der Waals surface area contributed by atoms with Crippen LogP contribution in [-0.4, -0.2) is 35.1 Å². The maximum Gasteiger partial charge on any atom is 0.279 e. The van der Waals surface area contributed by atoms with Crippen molar-refractivity contribution in [2.45, 2.75) is 19.4 Å². The van der Waals surface area contributed by atoms with Gasteiger partial charge in [-0.1, -0.05) is 18.2 Å². The molecule has 2 amide bonds. The Bertz CT molecular complexity index is 711. The third-order valence-electron chi connectivity index (χ3n) is 3.90. The Morgan fingerprint density at radius 3 is 2.78 bits per heavy atom. The van der Waals surface area contributed by atoms with Gasteiger partial charge in [0.25, 0.3) is 5.91 Å². The van der Waals surface area contributed by atoms with Crippen LogP contribution >= 0.6 is 0 Å². The van der Waals surface area contributed by atoms with Crippen LogP contribution in [0.25, 0.3) is 0 Å². The van der Waals surface area contributed by atoms with Crippen molar-refractivity contribution in [1.29, 1.82) is 0 Å². The lowest BCUT2D eigenvalue weighted by molar-refractivity contribution is -0.117. The molecule has 1 aromatic heterocycles. The molecule has 23 heavy (non-hydrogen) atoms. The van der Waals surface area contributed by atoms with Gasteiger partial charge in [0.2, 0.25) is 5.91 Å². The van der Waals surface area contributed by atoms with E-state index in [4.69, 9.17) is 5.73 Å². The zero-order valence-electron chi connectivity index (χ0n) is 12.7. The highest BCUT2D eigenvalue weighted by Gasteiger charge is 2.26. The molecule has 0 saturated heterocycles. The average molecular weight is 313 g/mol. The summed E-state index contributed by atoms with van der Waals surface area (Å²) in [5.41, 5.74) is 8.26. The van der Waals surface area contributed by atoms with E-state index >= 15 is 0 Å². The van der Waals surface area contributed by atoms with E-state index < -0.39 is 5.91 Å². The lowest BCUT2D eigenvalue weighted by Crippen LogP contribution is -2.35. The van der Waals surface area contributed by atoms with E-state index in [1.54, 1.807) is 4.90 Å². The molecule has 0 spiro atoms. The fourth-order valence-corrected chi connectivity index (χ4v) is 2.71. The summed E-state index contributed by atoms with van der Waals surface area (Å²) in [6.07, 6.45) is 0.924. The van der Waals surface area contributed by atoms with Crippen LogP contribution in [0.5, 0.6) is 0 Å². The number of aromatic amines is 1. The van der Waals surface area contributed by atoms with E-state index in [2.05, 4.69) is 15.5 Å². The van der Waals surface area contributed by atoms with Gasteiger partial charge in [-0.2, -0.15) is 5.10 Å². The molecule has 0 unspecified atom stereocenters. The molecule has 4 N–H and O–H groups in total. The number of carbonyl (C=O) groups excluding carboxylic acids is 2. The molecule has 120 valence electrons. The molecule has 7 nitrogen and oxygen atoms in total. The number of H-pyrrole nitrogens is 1. The van der Waals surface area contributed by atoms with Crippen molar-refractivity contribution in [3.8, 4) is 0 Å². The zero-order chi connectivity index (χ0) is 16.2. The van der Waals surface area contributed by atoms with Crippen LogP contribution < -0.4 is 16.0 Å². The van der Waals surface area contributed by atoms with E-state index in [1.807, 2.05) is 30.3 Å². The van der Waals surface area contributed by atoms with Crippen LogP contribution in [0.3, 0.4) is 0 Å². The number of primary amides is 1. The molecular formula is C16H19N5O2. The normalized spacial score (nSPS) is 13.4. The first-order valence-electron chi connectivity index (χ1n) is 7.59. The van der Waals surface area contributed by atoms with Crippen molar-refractivity contribution in [3.63, 3.8) is 0 Å². The van der Waals surface area contributed by atoms with Gasteiger partial charge in [-0.3, -0.25) is 14.7 Å². The number of hydrogen-bond donors (Lipinski definition) is 3. The number of aromatic nitrogens is 2. The number of benzene rings is 1. The Kier molecular flexibility index (Phi) is 4.38. The molecular weight excluding hydrogens is 294 g/mol. The highest BCUT2D eigenvalue weighted by atomic mass is 16.2. The van der Waals surface area contributed by atoms with E-state index in [0.29, 0.717) is 12.2 Å². The molecule has 7 heteroatoms. The fourth-order valence-electron chi connectivity index (χ4n) is 2.71. The second kappa shape index (κ2) is 6.62. The predicted molar refractivity (Wildman–Crippen MR) is 85.9 cm³/mol. The Morgan fingerprint density at radius 1 is 1.26 bits per heavy atom. The van der Waals surface area contributed by atoms with Crippen molar-refractivity contribution in [2.75, 3.05) is 18.0 Å². The Hall–Kier alpha value is -2.67. The van der Waals surface area contributed by atoms with Crippen molar-refractivity contribution in [3.05, 3.63) is 47.3 Å². The van der Waals surface area contributed by atoms with E-state index in [0.717, 1.165) is 29.9 Å². The standard InChI is InChI=1S/C16H19N5O2/c17-14(22)7-9-21(11-4-2-1-3-5-11)16(23)15-12-10-18-8-6-13(12)19-20-15/h1-5,18H,6-10H2,(H2,17,22)(H,19,20). The number of carbonyl (C=O) groups is 2. The van der Waals surface area contributed by atoms with Crippen molar-refractivity contribution < 1.29 is 9.59 Å². The third kappa shape index (κ3) is 3.24. The van der Waals surface area contributed by atoms with Gasteiger partial charge in [0.05, 0.1) is 0 Å². The minimum Gasteiger partial charge on any atom is -0.370 e. The molecule has 0 radical (unpaired) electrons. The van der Waals surface area contributed by atoms with Crippen molar-refractivity contribution in [2.24, 2.45) is 5.73 Å². The fraction of sp³-hybridized carbons (Fsp3) is 0.312. The van der Waals surface area contributed by atoms with E-state index in [-0.39, 0.29) is 18.9 Å². The summed E-state index contributed by atoms with van der Waals surface area (Å²) < 4.78 is 0. The van der Waals surface area contributed by atoms with Gasteiger partial charge < -0.3 is 16.0 Å². The van der Waals surface area contributed by atoms with Crippen molar-refractivity contribution >= 4 is 17.5 Å². The quantitative estimate of drug-likeness (QED) is 0.751. The number of nitrogens with two attached hydrogens (primary N) is 1. The van der Waals surface area contributed by atoms with Gasteiger partial charge in [0, 0.05) is 49.4 Å². The SMILES string of the molecule is NC(=O)CCN(C(=O)c1n[nH]c2c1CNCC2)c1ccccc1. The van der Waals surface area contributed by atoms with Crippen LogP contribution in [0.4, 0.5) is 5.69 Å². The first kappa shape index (κ1) is 15.2. The largest absolute Gasteiger partial charge is 0.370 e. The minimum atomic E-state index is -0.440. The Morgan fingerprint density at radius 2 is 2.04 bits per heavy atom. The predicted octanol–water partition coefficient (Wildman–Crippen LogP) is 0.578. The highest BCUT2D eigenvalue weighted by Crippen LogP contribution is 2.21. The summed E-state index contributed by atoms with van der Waals surface area (Å²) in [4.78, 5) is 25.6. The summed E-state index contributed by atoms with van der Waals surface area (Å²) in [6, 6.07) is 9.23. The number of rotatable bonds is 5. The van der Waals surface area contributed by atoms with Gasteiger partial charge in [0.15, 0.2) is 5.69 Å². The molecule has 0 bridgehead atoms. The minimum absolute atomic E-state index is 0.103. The molecule has 1 aromatic carbocycles. The first-order valence-corrected chi connectivity index (χ1v) is 7.59. The third-order valence-corrected chi connectivity index (χ3v) is 3.90. The summed E-state index contributed by atoms with van der Waals surface area (Å²) in [6.45, 7) is 1.71. The maximum absolute atomic E-state index is 13.0. The molecule has 0 atom stereocenters. The van der Waals surface area contributed by atoms with Gasteiger partial charge in [-0.15, -0.1) is 0 Å². The van der Waals surface area contributed by atoms with Crippen LogP contribution in [0.2, 0.25) is 0 Å². The molecule has 2 heterocycles. The molecule has 0 fully saturated rings. The van der Waals surface area contributed by atoms with Crippen molar-refractivity contribution in [1.82, 2.24) is 15.5 Å². The van der Waals surface area contributed by atoms with E-state index in [9.17, 15) is 9.59 Å². The number of fused-ring (bicyclic) bond motifs is 1. The Balaban J connectivity index is 1.91. The lowest BCUT2D eigenvalue weighted by Gasteiger charge is -2.22. The van der Waals surface area contributed by atoms with Gasteiger partial charge in [-0.05, 0) is 12.1 Å². The molecule has 1 aliphatic heterocycles. The molecule has 2 aromatic rings. The monoisotopic (exact) mass is 313 g/mol. The van der Waals surface area contributed by atoms with Crippen LogP contribution in [0.15, 0.2) is 30.3 Å². The number of amides is 2. The van der Waals surface area contributed by atoms with Gasteiger partial charge in [0.1, 0.15) is 0 Å². The number of hydrogen-bond acceptors (Lipinski definition) is 4. The second-order valence-corrected chi connectivity index (χ2v) is 5.46. The number of para-hydroxylation sites is 1. The zero-order valence-corrected chi connectivity index (χ0v) is 12.7. The summed E-state index contributed by atoms with van der Waals surface area (Å²) in [7, 11) is 0. The summed E-state index contributed by atoms with van der Waals surface area (Å²) in [5.74, 6) is -0.664.